The van der Waals surface area contributed by atoms with Crippen LogP contribution in [0.2, 0.25) is 0 Å². The van der Waals surface area contributed by atoms with Crippen LogP contribution < -0.4 is 5.73 Å². The molecule has 1 aromatic heterocycles. The second-order valence-corrected chi connectivity index (χ2v) is 4.70. The number of aromatic nitrogens is 2. The summed E-state index contributed by atoms with van der Waals surface area (Å²) in [5.41, 5.74) is 7.56. The number of nitrogens with two attached hydrogens (primary N) is 1. The highest BCUT2D eigenvalue weighted by molar-refractivity contribution is 9.10. The van der Waals surface area contributed by atoms with Crippen molar-refractivity contribution in [3.63, 3.8) is 0 Å². The van der Waals surface area contributed by atoms with E-state index < -0.39 is 0 Å². The summed E-state index contributed by atoms with van der Waals surface area (Å²) in [5.74, 6) is 0.681. The normalized spacial score (nSPS) is 11.2. The minimum atomic E-state index is 0.340. The molecule has 0 aliphatic heterocycles. The lowest BCUT2D eigenvalue weighted by Crippen LogP contribution is -2.02. The summed E-state index contributed by atoms with van der Waals surface area (Å²) < 4.78 is 1.03. The summed E-state index contributed by atoms with van der Waals surface area (Å²) in [6.07, 6.45) is 0. The lowest BCUT2D eigenvalue weighted by atomic mass is 10.1. The van der Waals surface area contributed by atoms with Gasteiger partial charge in [0.1, 0.15) is 0 Å². The molecule has 0 saturated heterocycles. The highest BCUT2D eigenvalue weighted by atomic mass is 79.9. The molecule has 0 fully saturated rings. The smallest absolute Gasteiger partial charge is 0.220 e. The summed E-state index contributed by atoms with van der Waals surface area (Å²) in [6.45, 7) is 4.20. The minimum Gasteiger partial charge on any atom is -0.368 e. The van der Waals surface area contributed by atoms with Crippen molar-refractivity contribution in [2.24, 2.45) is 0 Å². The van der Waals surface area contributed by atoms with E-state index >= 15 is 0 Å². The molecule has 0 bridgehead atoms. The summed E-state index contributed by atoms with van der Waals surface area (Å²) in [5, 5.41) is 1.06. The van der Waals surface area contributed by atoms with Crippen LogP contribution in [-0.2, 0) is 0 Å². The van der Waals surface area contributed by atoms with Gasteiger partial charge in [-0.15, -0.1) is 0 Å². The van der Waals surface area contributed by atoms with Crippen LogP contribution >= 0.6 is 15.9 Å². The van der Waals surface area contributed by atoms with Crippen LogP contribution in [0.1, 0.15) is 25.5 Å². The van der Waals surface area contributed by atoms with Gasteiger partial charge in [-0.1, -0.05) is 29.8 Å². The molecule has 4 heteroatoms. The average molecular weight is 266 g/mol. The van der Waals surface area contributed by atoms with Crippen molar-refractivity contribution < 1.29 is 0 Å². The van der Waals surface area contributed by atoms with E-state index in [1.54, 1.807) is 0 Å². The molecule has 0 aliphatic rings. The van der Waals surface area contributed by atoms with Gasteiger partial charge in [-0.2, -0.15) is 0 Å². The Morgan fingerprint density at radius 1 is 1.27 bits per heavy atom. The average Bonchev–Trinajstić information content (AvgIpc) is 2.17. The third-order valence-electron chi connectivity index (χ3n) is 2.25. The van der Waals surface area contributed by atoms with Crippen molar-refractivity contribution in [2.75, 3.05) is 5.73 Å². The van der Waals surface area contributed by atoms with Gasteiger partial charge >= 0.3 is 0 Å². The molecule has 0 saturated carbocycles. The monoisotopic (exact) mass is 265 g/mol. The first kappa shape index (κ1) is 10.4. The molecule has 0 aliphatic carbocycles. The molecule has 3 nitrogen and oxygen atoms in total. The van der Waals surface area contributed by atoms with E-state index in [0.29, 0.717) is 11.9 Å². The fourth-order valence-electron chi connectivity index (χ4n) is 1.58. The van der Waals surface area contributed by atoms with E-state index in [4.69, 9.17) is 5.73 Å². The Bertz CT molecular complexity index is 508. The van der Waals surface area contributed by atoms with Gasteiger partial charge in [0, 0.05) is 9.86 Å². The van der Waals surface area contributed by atoms with E-state index in [9.17, 15) is 0 Å². The Kier molecular flexibility index (Phi) is 2.61. The molecular formula is C11H12BrN3. The van der Waals surface area contributed by atoms with E-state index in [1.165, 1.54) is 0 Å². The predicted molar refractivity (Wildman–Crippen MR) is 65.7 cm³/mol. The second kappa shape index (κ2) is 3.77. The predicted octanol–water partition coefficient (Wildman–Crippen LogP) is 3.10. The van der Waals surface area contributed by atoms with Gasteiger partial charge in [0.2, 0.25) is 5.95 Å². The molecule has 0 amide bonds. The topological polar surface area (TPSA) is 51.8 Å². The Labute approximate surface area is 96.9 Å². The van der Waals surface area contributed by atoms with Crippen LogP contribution in [0.3, 0.4) is 0 Å². The van der Waals surface area contributed by atoms with Gasteiger partial charge in [0.05, 0.1) is 11.2 Å². The number of rotatable bonds is 1. The third-order valence-corrected chi connectivity index (χ3v) is 2.74. The van der Waals surface area contributed by atoms with Crippen LogP contribution in [0.15, 0.2) is 22.7 Å². The van der Waals surface area contributed by atoms with Crippen molar-refractivity contribution in [1.29, 1.82) is 0 Å². The molecular weight excluding hydrogens is 254 g/mol. The molecule has 15 heavy (non-hydrogen) atoms. The van der Waals surface area contributed by atoms with Crippen LogP contribution in [0.4, 0.5) is 5.95 Å². The zero-order valence-corrected chi connectivity index (χ0v) is 10.2. The first-order chi connectivity index (χ1) is 7.08. The van der Waals surface area contributed by atoms with Crippen molar-refractivity contribution in [3.8, 4) is 0 Å². The maximum absolute atomic E-state index is 5.67. The number of anilines is 1. The number of hydrogen-bond donors (Lipinski definition) is 1. The van der Waals surface area contributed by atoms with Gasteiger partial charge in [0.15, 0.2) is 0 Å². The van der Waals surface area contributed by atoms with E-state index in [2.05, 4.69) is 39.7 Å². The summed E-state index contributed by atoms with van der Waals surface area (Å²) in [6, 6.07) is 5.94. The highest BCUT2D eigenvalue weighted by Gasteiger charge is 2.09. The van der Waals surface area contributed by atoms with Crippen molar-refractivity contribution >= 4 is 32.8 Å². The quantitative estimate of drug-likeness (QED) is 0.862. The van der Waals surface area contributed by atoms with Gasteiger partial charge in [-0.05, 0) is 24.1 Å². The Balaban J connectivity index is 2.81. The van der Waals surface area contributed by atoms with E-state index in [0.717, 1.165) is 21.1 Å². The second-order valence-electron chi connectivity index (χ2n) is 3.78. The fourth-order valence-corrected chi connectivity index (χ4v) is 1.94. The van der Waals surface area contributed by atoms with Gasteiger partial charge in [-0.25, -0.2) is 9.97 Å². The number of nitrogen functional groups attached to an aromatic ring is 1. The van der Waals surface area contributed by atoms with Gasteiger partial charge in [0.25, 0.3) is 0 Å². The Morgan fingerprint density at radius 2 is 2.00 bits per heavy atom. The molecule has 0 radical (unpaired) electrons. The number of fused-ring (bicyclic) bond motifs is 1. The standard InChI is InChI=1S/C11H12BrN3/c1-6(2)10-8-5-7(12)3-4-9(8)14-11(13)15-10/h3-6H,1-2H3,(H2,13,14,15). The van der Waals surface area contributed by atoms with Gasteiger partial charge in [-0.3, -0.25) is 0 Å². The Hall–Kier alpha value is -1.16. The van der Waals surface area contributed by atoms with Crippen LogP contribution in [0.5, 0.6) is 0 Å². The molecule has 2 rings (SSSR count). The molecule has 1 aromatic carbocycles. The first-order valence-electron chi connectivity index (χ1n) is 4.80. The molecule has 78 valence electrons. The van der Waals surface area contributed by atoms with E-state index in [-0.39, 0.29) is 0 Å². The zero-order chi connectivity index (χ0) is 11.0. The lowest BCUT2D eigenvalue weighted by Gasteiger charge is -2.09. The lowest BCUT2D eigenvalue weighted by molar-refractivity contribution is 0.832. The fraction of sp³-hybridized carbons (Fsp3) is 0.273. The number of benzene rings is 1. The number of hydrogen-bond acceptors (Lipinski definition) is 3. The molecule has 2 N–H and O–H groups in total. The van der Waals surface area contributed by atoms with Crippen LogP contribution in [0.25, 0.3) is 10.9 Å². The molecule has 0 unspecified atom stereocenters. The van der Waals surface area contributed by atoms with Crippen LogP contribution in [0, 0.1) is 0 Å². The first-order valence-corrected chi connectivity index (χ1v) is 5.60. The molecule has 2 aromatic rings. The minimum absolute atomic E-state index is 0.340. The molecule has 0 atom stereocenters. The largest absolute Gasteiger partial charge is 0.368 e. The van der Waals surface area contributed by atoms with Crippen LogP contribution in [-0.4, -0.2) is 9.97 Å². The summed E-state index contributed by atoms with van der Waals surface area (Å²) >= 11 is 3.45. The number of nitrogens with zero attached hydrogens (tertiary/aromatic N) is 2. The maximum atomic E-state index is 5.67. The maximum Gasteiger partial charge on any atom is 0.220 e. The van der Waals surface area contributed by atoms with Crippen molar-refractivity contribution in [3.05, 3.63) is 28.4 Å². The van der Waals surface area contributed by atoms with Gasteiger partial charge < -0.3 is 5.73 Å². The zero-order valence-electron chi connectivity index (χ0n) is 8.66. The van der Waals surface area contributed by atoms with E-state index in [1.807, 2.05) is 18.2 Å². The SMILES string of the molecule is CC(C)c1nc(N)nc2ccc(Br)cc12. The summed E-state index contributed by atoms with van der Waals surface area (Å²) in [4.78, 5) is 8.49. The highest BCUT2D eigenvalue weighted by Crippen LogP contribution is 2.26. The number of halogens is 1. The summed E-state index contributed by atoms with van der Waals surface area (Å²) in [7, 11) is 0. The molecule has 1 heterocycles. The van der Waals surface area contributed by atoms with Crippen molar-refractivity contribution in [1.82, 2.24) is 9.97 Å². The molecule has 0 spiro atoms. The Morgan fingerprint density at radius 3 is 2.67 bits per heavy atom. The third kappa shape index (κ3) is 1.95. The van der Waals surface area contributed by atoms with Crippen molar-refractivity contribution in [2.45, 2.75) is 19.8 Å².